The lowest BCUT2D eigenvalue weighted by Gasteiger charge is -2.15. The van der Waals surface area contributed by atoms with Crippen molar-refractivity contribution < 1.29 is 17.9 Å². The summed E-state index contributed by atoms with van der Waals surface area (Å²) >= 11 is 0. The molecule has 0 aliphatic heterocycles. The molecule has 0 heterocycles. The van der Waals surface area contributed by atoms with Gasteiger partial charge >= 0.3 is 6.18 Å². The normalized spacial score (nSPS) is 13.5. The molecule has 0 fully saturated rings. The Bertz CT molecular complexity index is 849. The van der Waals surface area contributed by atoms with Gasteiger partial charge in [-0.3, -0.25) is 4.79 Å². The molecule has 0 unspecified atom stereocenters. The van der Waals surface area contributed by atoms with E-state index in [-0.39, 0.29) is 16.7 Å². The van der Waals surface area contributed by atoms with Crippen molar-refractivity contribution in [3.63, 3.8) is 0 Å². The number of alkyl halides is 3. The lowest BCUT2D eigenvalue weighted by atomic mass is 10.00. The molecule has 3 rings (SSSR count). The summed E-state index contributed by atoms with van der Waals surface area (Å²) in [4.78, 5) is 11.7. The summed E-state index contributed by atoms with van der Waals surface area (Å²) in [5.74, 6) is -0.236. The third-order valence-corrected chi connectivity index (χ3v) is 3.63. The first-order valence-corrected chi connectivity index (χ1v) is 6.28. The van der Waals surface area contributed by atoms with Gasteiger partial charge in [0.15, 0.2) is 5.43 Å². The maximum absolute atomic E-state index is 13.4. The molecule has 2 nitrogen and oxygen atoms in total. The zero-order valence-corrected chi connectivity index (χ0v) is 11.3. The van der Waals surface area contributed by atoms with Gasteiger partial charge < -0.3 is 4.74 Å². The van der Waals surface area contributed by atoms with E-state index in [0.717, 1.165) is 0 Å². The number of hydrogen-bond donors (Lipinski definition) is 0. The van der Waals surface area contributed by atoms with E-state index in [1.807, 2.05) is 0 Å². The van der Waals surface area contributed by atoms with E-state index in [9.17, 15) is 18.0 Å². The largest absolute Gasteiger partial charge is 0.496 e. The molecule has 0 N–H and O–H groups in total. The fourth-order valence-electron chi connectivity index (χ4n) is 2.77. The fourth-order valence-corrected chi connectivity index (χ4v) is 2.77. The summed E-state index contributed by atoms with van der Waals surface area (Å²) in [6, 6.07) is 5.58. The summed E-state index contributed by atoms with van der Waals surface area (Å²) in [5.41, 5.74) is 0.216. The highest BCUT2D eigenvalue weighted by Gasteiger charge is 2.39. The van der Waals surface area contributed by atoms with Gasteiger partial charge in [-0.05, 0) is 52.6 Å². The Morgan fingerprint density at radius 2 is 1.86 bits per heavy atom. The van der Waals surface area contributed by atoms with Gasteiger partial charge in [0.2, 0.25) is 0 Å². The highest BCUT2D eigenvalue weighted by molar-refractivity contribution is 6.10. The van der Waals surface area contributed by atoms with Gasteiger partial charge in [-0.2, -0.15) is 13.2 Å². The van der Waals surface area contributed by atoms with Crippen LogP contribution in [0.5, 0.6) is 5.75 Å². The molecular formula is C16H11F3O2. The van der Waals surface area contributed by atoms with E-state index in [2.05, 4.69) is 0 Å². The monoisotopic (exact) mass is 292 g/mol. The molecule has 5 heteroatoms. The van der Waals surface area contributed by atoms with Crippen LogP contribution >= 0.6 is 0 Å². The first kappa shape index (κ1) is 13.7. The third-order valence-electron chi connectivity index (χ3n) is 3.63. The van der Waals surface area contributed by atoms with Crippen LogP contribution in [0.4, 0.5) is 13.2 Å². The predicted octanol–water partition coefficient (Wildman–Crippen LogP) is 4.10. The average molecular weight is 292 g/mol. The second-order valence-electron chi connectivity index (χ2n) is 4.95. The van der Waals surface area contributed by atoms with Crippen molar-refractivity contribution in [3.8, 4) is 5.75 Å². The van der Waals surface area contributed by atoms with Gasteiger partial charge in [-0.25, -0.2) is 0 Å². The molecule has 0 bridgehead atoms. The van der Waals surface area contributed by atoms with Crippen LogP contribution in [-0.2, 0) is 6.18 Å². The van der Waals surface area contributed by atoms with E-state index < -0.39 is 11.7 Å². The molecule has 0 atom stereocenters. The third kappa shape index (κ3) is 2.00. The lowest BCUT2D eigenvalue weighted by molar-refractivity contribution is -0.138. The summed E-state index contributed by atoms with van der Waals surface area (Å²) in [6.07, 6.45) is -3.07. The van der Waals surface area contributed by atoms with E-state index in [1.165, 1.54) is 37.5 Å². The minimum absolute atomic E-state index is 0.0694. The van der Waals surface area contributed by atoms with Crippen LogP contribution in [0.15, 0.2) is 29.1 Å². The van der Waals surface area contributed by atoms with Gasteiger partial charge in [0.1, 0.15) is 11.3 Å². The summed E-state index contributed by atoms with van der Waals surface area (Å²) < 4.78 is 45.0. The Hall–Kier alpha value is -2.30. The minimum atomic E-state index is -4.53. The zero-order valence-electron chi connectivity index (χ0n) is 11.3. The quantitative estimate of drug-likeness (QED) is 0.791. The van der Waals surface area contributed by atoms with Crippen LogP contribution in [0, 0.1) is 0 Å². The Morgan fingerprint density at radius 1 is 1.14 bits per heavy atom. The van der Waals surface area contributed by atoms with Crippen LogP contribution in [0.2, 0.25) is 0 Å². The van der Waals surface area contributed by atoms with Crippen LogP contribution in [0.3, 0.4) is 0 Å². The number of halogens is 3. The summed E-state index contributed by atoms with van der Waals surface area (Å²) in [6.45, 7) is 1.70. The number of ether oxygens (including phenoxy) is 1. The highest BCUT2D eigenvalue weighted by atomic mass is 19.4. The zero-order chi connectivity index (χ0) is 15.4. The van der Waals surface area contributed by atoms with Gasteiger partial charge in [0.25, 0.3) is 0 Å². The summed E-state index contributed by atoms with van der Waals surface area (Å²) in [7, 11) is 1.21. The first-order chi connectivity index (χ1) is 9.82. The van der Waals surface area contributed by atoms with Gasteiger partial charge in [-0.15, -0.1) is 0 Å². The standard InChI is InChI=1S/C16H11F3O2/c1-8-5-12-14-9(3-4-10(20)7-11(8)14)6-13(21-2)15(12)16(17,18)19/h3-7H,1-2H3. The molecule has 2 aromatic rings. The molecule has 0 saturated heterocycles. The smallest absolute Gasteiger partial charge is 0.420 e. The molecule has 0 amide bonds. The number of benzene rings is 1. The predicted molar refractivity (Wildman–Crippen MR) is 75.3 cm³/mol. The SMILES string of the molecule is COc1cc2ccc(=O)cc3c2c(c1C(F)(F)F)C=C3C. The van der Waals surface area contributed by atoms with Crippen LogP contribution in [0.1, 0.15) is 23.6 Å². The van der Waals surface area contributed by atoms with Crippen molar-refractivity contribution in [1.82, 2.24) is 0 Å². The number of allylic oxidation sites excluding steroid dienone is 1. The Labute approximate surface area is 118 Å². The van der Waals surface area contributed by atoms with E-state index in [4.69, 9.17) is 4.74 Å². The Balaban J connectivity index is 2.58. The first-order valence-electron chi connectivity index (χ1n) is 6.28. The second-order valence-corrected chi connectivity index (χ2v) is 4.95. The van der Waals surface area contributed by atoms with Gasteiger partial charge in [0, 0.05) is 0 Å². The van der Waals surface area contributed by atoms with Crippen LogP contribution in [0.25, 0.3) is 22.4 Å². The number of hydrogen-bond acceptors (Lipinski definition) is 2. The van der Waals surface area contributed by atoms with Crippen molar-refractivity contribution in [3.05, 3.63) is 51.2 Å². The molecule has 1 aliphatic rings. The lowest BCUT2D eigenvalue weighted by Crippen LogP contribution is -2.09. The van der Waals surface area contributed by atoms with E-state index in [1.54, 1.807) is 6.92 Å². The van der Waals surface area contributed by atoms with E-state index in [0.29, 0.717) is 21.9 Å². The molecule has 108 valence electrons. The molecule has 21 heavy (non-hydrogen) atoms. The molecule has 0 radical (unpaired) electrons. The molecule has 0 saturated carbocycles. The molecular weight excluding hydrogens is 281 g/mol. The maximum atomic E-state index is 13.4. The van der Waals surface area contributed by atoms with Crippen molar-refractivity contribution in [2.24, 2.45) is 0 Å². The molecule has 0 aromatic heterocycles. The van der Waals surface area contributed by atoms with Crippen molar-refractivity contribution in [1.29, 1.82) is 0 Å². The molecule has 0 spiro atoms. The van der Waals surface area contributed by atoms with E-state index >= 15 is 0 Å². The van der Waals surface area contributed by atoms with Crippen LogP contribution < -0.4 is 10.2 Å². The van der Waals surface area contributed by atoms with Crippen molar-refractivity contribution in [2.75, 3.05) is 7.11 Å². The Kier molecular flexibility index (Phi) is 2.83. The second kappa shape index (κ2) is 4.35. The number of rotatable bonds is 1. The van der Waals surface area contributed by atoms with Crippen LogP contribution in [-0.4, -0.2) is 7.11 Å². The highest BCUT2D eigenvalue weighted by Crippen LogP contribution is 2.47. The van der Waals surface area contributed by atoms with Gasteiger partial charge in [-0.1, -0.05) is 12.1 Å². The minimum Gasteiger partial charge on any atom is -0.496 e. The average Bonchev–Trinajstić information content (AvgIpc) is 2.60. The molecule has 1 aliphatic carbocycles. The Morgan fingerprint density at radius 3 is 2.48 bits per heavy atom. The maximum Gasteiger partial charge on any atom is 0.420 e. The topological polar surface area (TPSA) is 26.3 Å². The van der Waals surface area contributed by atoms with Crippen molar-refractivity contribution in [2.45, 2.75) is 13.1 Å². The number of methoxy groups -OCH3 is 1. The fraction of sp³-hybridized carbons (Fsp3) is 0.188. The molecule has 2 aromatic carbocycles. The summed E-state index contributed by atoms with van der Waals surface area (Å²) in [5, 5.41) is 1.00. The van der Waals surface area contributed by atoms with Crippen molar-refractivity contribution >= 4 is 22.4 Å². The van der Waals surface area contributed by atoms with Gasteiger partial charge in [0.05, 0.1) is 7.11 Å².